The number of halogens is 1. The average molecular weight is 275 g/mol. The Labute approximate surface area is 117 Å². The molecule has 3 aromatic rings. The maximum absolute atomic E-state index is 6.05. The topological polar surface area (TPSA) is 77.8 Å². The zero-order chi connectivity index (χ0) is 12.9. The Morgan fingerprint density at radius 1 is 0.789 bits per heavy atom. The van der Waals surface area contributed by atoms with E-state index in [1.165, 1.54) is 0 Å². The number of nitrogens with zero attached hydrogens (tertiary/aromatic N) is 2. The number of hydrogen-bond acceptors (Lipinski definition) is 4. The number of hydrogen-bond donors (Lipinski definition) is 2. The molecular weight excluding hydrogens is 260 g/mol. The monoisotopic (exact) mass is 274 g/mol. The molecule has 98 valence electrons. The predicted molar refractivity (Wildman–Crippen MR) is 82.6 cm³/mol. The molecule has 0 aliphatic heterocycles. The van der Waals surface area contributed by atoms with Gasteiger partial charge in [-0.15, -0.1) is 12.4 Å². The van der Waals surface area contributed by atoms with E-state index in [4.69, 9.17) is 11.5 Å². The van der Waals surface area contributed by atoms with E-state index in [0.717, 1.165) is 27.7 Å². The fraction of sp³-hybridized carbons (Fsp3) is 0.143. The van der Waals surface area contributed by atoms with Crippen LogP contribution in [0.1, 0.15) is 11.1 Å². The van der Waals surface area contributed by atoms with Gasteiger partial charge in [-0.25, -0.2) is 9.97 Å². The third-order valence-corrected chi connectivity index (χ3v) is 3.44. The van der Waals surface area contributed by atoms with Crippen LogP contribution in [-0.2, 0) is 0 Å². The number of para-hydroxylation sites is 2. The Balaban J connectivity index is 0.00000133. The second kappa shape index (κ2) is 4.55. The Kier molecular flexibility index (Phi) is 3.20. The molecule has 19 heavy (non-hydrogen) atoms. The first-order valence-electron chi connectivity index (χ1n) is 5.80. The van der Waals surface area contributed by atoms with Gasteiger partial charge in [-0.1, -0.05) is 12.1 Å². The molecular formula is C14H15ClN4. The van der Waals surface area contributed by atoms with Crippen LogP contribution in [0.25, 0.3) is 22.1 Å². The summed E-state index contributed by atoms with van der Waals surface area (Å²) in [4.78, 5) is 9.21. The quantitative estimate of drug-likeness (QED) is 0.488. The fourth-order valence-electron chi connectivity index (χ4n) is 2.16. The SMILES string of the molecule is Cc1c(N)c(N)c2nc3ccccc3nc2c1C.Cl. The van der Waals surface area contributed by atoms with E-state index in [9.17, 15) is 0 Å². The van der Waals surface area contributed by atoms with Crippen LogP contribution in [0, 0.1) is 13.8 Å². The highest BCUT2D eigenvalue weighted by molar-refractivity contribution is 6.00. The lowest BCUT2D eigenvalue weighted by molar-refractivity contribution is 1.31. The van der Waals surface area contributed by atoms with Crippen molar-refractivity contribution in [2.24, 2.45) is 0 Å². The predicted octanol–water partition coefficient (Wildman–Crippen LogP) is 2.99. The lowest BCUT2D eigenvalue weighted by Gasteiger charge is -2.12. The summed E-state index contributed by atoms with van der Waals surface area (Å²) in [5, 5.41) is 0. The number of nitrogens with two attached hydrogens (primary N) is 2. The highest BCUT2D eigenvalue weighted by Crippen LogP contribution is 2.32. The van der Waals surface area contributed by atoms with Gasteiger partial charge in [0.15, 0.2) is 0 Å². The molecule has 0 aliphatic carbocycles. The van der Waals surface area contributed by atoms with Crippen molar-refractivity contribution >= 4 is 45.8 Å². The van der Waals surface area contributed by atoms with Crippen LogP contribution in [-0.4, -0.2) is 9.97 Å². The van der Waals surface area contributed by atoms with Gasteiger partial charge in [0.05, 0.1) is 27.9 Å². The van der Waals surface area contributed by atoms with Gasteiger partial charge in [0, 0.05) is 0 Å². The molecule has 0 fully saturated rings. The van der Waals surface area contributed by atoms with Gasteiger partial charge in [0.25, 0.3) is 0 Å². The third-order valence-electron chi connectivity index (χ3n) is 3.44. The normalized spacial score (nSPS) is 10.6. The Bertz CT molecular complexity index is 717. The van der Waals surface area contributed by atoms with Gasteiger partial charge in [-0.2, -0.15) is 0 Å². The largest absolute Gasteiger partial charge is 0.397 e. The van der Waals surface area contributed by atoms with Crippen LogP contribution < -0.4 is 11.5 Å². The minimum Gasteiger partial charge on any atom is -0.397 e. The summed E-state index contributed by atoms with van der Waals surface area (Å²) in [6.07, 6.45) is 0. The summed E-state index contributed by atoms with van der Waals surface area (Å²) in [5.41, 5.74) is 18.4. The minimum atomic E-state index is 0. The first-order valence-corrected chi connectivity index (χ1v) is 5.80. The van der Waals surface area contributed by atoms with Crippen molar-refractivity contribution in [3.63, 3.8) is 0 Å². The summed E-state index contributed by atoms with van der Waals surface area (Å²) >= 11 is 0. The number of fused-ring (bicyclic) bond motifs is 2. The third kappa shape index (κ3) is 1.85. The van der Waals surface area contributed by atoms with Crippen LogP contribution in [0.5, 0.6) is 0 Å². The van der Waals surface area contributed by atoms with Crippen molar-refractivity contribution in [2.45, 2.75) is 13.8 Å². The average Bonchev–Trinajstić information content (AvgIpc) is 2.41. The van der Waals surface area contributed by atoms with Crippen LogP contribution in [0.15, 0.2) is 24.3 Å². The molecule has 2 aromatic carbocycles. The van der Waals surface area contributed by atoms with E-state index in [2.05, 4.69) is 9.97 Å². The summed E-state index contributed by atoms with van der Waals surface area (Å²) < 4.78 is 0. The zero-order valence-electron chi connectivity index (χ0n) is 10.8. The molecule has 0 radical (unpaired) electrons. The van der Waals surface area contributed by atoms with Crippen molar-refractivity contribution in [3.8, 4) is 0 Å². The van der Waals surface area contributed by atoms with E-state index >= 15 is 0 Å². The first kappa shape index (κ1) is 13.4. The lowest BCUT2D eigenvalue weighted by atomic mass is 10.0. The van der Waals surface area contributed by atoms with Crippen LogP contribution in [0.3, 0.4) is 0 Å². The number of aromatic nitrogens is 2. The number of nitrogen functional groups attached to an aromatic ring is 2. The fourth-order valence-corrected chi connectivity index (χ4v) is 2.16. The molecule has 0 bridgehead atoms. The highest BCUT2D eigenvalue weighted by atomic mass is 35.5. The number of aryl methyl sites for hydroxylation is 1. The van der Waals surface area contributed by atoms with Crippen molar-refractivity contribution < 1.29 is 0 Å². The van der Waals surface area contributed by atoms with E-state index in [1.807, 2.05) is 38.1 Å². The maximum atomic E-state index is 6.05. The van der Waals surface area contributed by atoms with E-state index < -0.39 is 0 Å². The Morgan fingerprint density at radius 3 is 1.89 bits per heavy atom. The summed E-state index contributed by atoms with van der Waals surface area (Å²) in [7, 11) is 0. The van der Waals surface area contributed by atoms with E-state index in [1.54, 1.807) is 0 Å². The van der Waals surface area contributed by atoms with Crippen molar-refractivity contribution in [1.82, 2.24) is 9.97 Å². The molecule has 4 nitrogen and oxygen atoms in total. The van der Waals surface area contributed by atoms with Gasteiger partial charge in [0.1, 0.15) is 5.52 Å². The van der Waals surface area contributed by atoms with Gasteiger partial charge in [0.2, 0.25) is 0 Å². The molecule has 0 atom stereocenters. The minimum absolute atomic E-state index is 0. The molecule has 0 saturated carbocycles. The van der Waals surface area contributed by atoms with Gasteiger partial charge in [-0.3, -0.25) is 0 Å². The molecule has 0 spiro atoms. The molecule has 4 N–H and O–H groups in total. The van der Waals surface area contributed by atoms with Gasteiger partial charge >= 0.3 is 0 Å². The molecule has 5 heteroatoms. The van der Waals surface area contributed by atoms with Crippen LogP contribution >= 0.6 is 12.4 Å². The molecule has 1 aromatic heterocycles. The molecule has 0 unspecified atom stereocenters. The second-order valence-electron chi connectivity index (χ2n) is 4.49. The zero-order valence-corrected chi connectivity index (χ0v) is 11.6. The molecule has 1 heterocycles. The van der Waals surface area contributed by atoms with E-state index in [0.29, 0.717) is 16.9 Å². The number of anilines is 2. The van der Waals surface area contributed by atoms with Gasteiger partial charge in [-0.05, 0) is 37.1 Å². The maximum Gasteiger partial charge on any atom is 0.115 e. The molecule has 0 saturated heterocycles. The summed E-state index contributed by atoms with van der Waals surface area (Å²) in [6.45, 7) is 3.95. The Morgan fingerprint density at radius 2 is 1.32 bits per heavy atom. The molecule has 0 aliphatic rings. The number of rotatable bonds is 0. The van der Waals surface area contributed by atoms with Crippen LogP contribution in [0.4, 0.5) is 11.4 Å². The van der Waals surface area contributed by atoms with E-state index in [-0.39, 0.29) is 12.4 Å². The highest BCUT2D eigenvalue weighted by Gasteiger charge is 2.13. The molecule has 0 amide bonds. The van der Waals surface area contributed by atoms with Crippen molar-refractivity contribution in [2.75, 3.05) is 11.5 Å². The summed E-state index contributed by atoms with van der Waals surface area (Å²) in [5.74, 6) is 0. The van der Waals surface area contributed by atoms with Gasteiger partial charge < -0.3 is 11.5 Å². The smallest absolute Gasteiger partial charge is 0.115 e. The first-order chi connectivity index (χ1) is 8.59. The standard InChI is InChI=1S/C14H14N4.ClH/c1-7-8(2)13-14(12(16)11(7)15)18-10-6-4-3-5-9(10)17-13;/h3-6H,15-16H2,1-2H3;1H. The van der Waals surface area contributed by atoms with Crippen LogP contribution in [0.2, 0.25) is 0 Å². The van der Waals surface area contributed by atoms with Crippen molar-refractivity contribution in [3.05, 3.63) is 35.4 Å². The Hall–Kier alpha value is -2.07. The second-order valence-corrected chi connectivity index (χ2v) is 4.49. The number of benzene rings is 2. The summed E-state index contributed by atoms with van der Waals surface area (Å²) in [6, 6.07) is 7.75. The molecule has 3 rings (SSSR count). The van der Waals surface area contributed by atoms with Crippen molar-refractivity contribution in [1.29, 1.82) is 0 Å². The lowest BCUT2D eigenvalue weighted by Crippen LogP contribution is -2.03.